The lowest BCUT2D eigenvalue weighted by molar-refractivity contribution is -0.118. The Morgan fingerprint density at radius 2 is 1.71 bits per heavy atom. The minimum Gasteiger partial charge on any atom is -0.467 e. The highest BCUT2D eigenvalue weighted by molar-refractivity contribution is 8.00. The summed E-state index contributed by atoms with van der Waals surface area (Å²) in [4.78, 5) is 25.4. The molecule has 1 heterocycles. The van der Waals surface area contributed by atoms with Gasteiger partial charge in [-0.1, -0.05) is 42.0 Å². The Bertz CT molecular complexity index is 921. The Morgan fingerprint density at radius 3 is 2.46 bits per heavy atom. The summed E-state index contributed by atoms with van der Waals surface area (Å²) in [5, 5.41) is 5.74. The molecule has 28 heavy (non-hydrogen) atoms. The first kappa shape index (κ1) is 19.8. The van der Waals surface area contributed by atoms with Crippen LogP contribution in [0.25, 0.3) is 0 Å². The van der Waals surface area contributed by atoms with Gasteiger partial charge < -0.3 is 15.1 Å². The molecular formula is C22H22N2O3S. The van der Waals surface area contributed by atoms with Crippen molar-refractivity contribution in [2.75, 3.05) is 5.75 Å². The van der Waals surface area contributed by atoms with Crippen LogP contribution >= 0.6 is 11.8 Å². The van der Waals surface area contributed by atoms with Crippen LogP contribution in [-0.2, 0) is 17.9 Å². The smallest absolute Gasteiger partial charge is 0.252 e. The van der Waals surface area contributed by atoms with Gasteiger partial charge in [-0.05, 0) is 36.8 Å². The zero-order valence-corrected chi connectivity index (χ0v) is 16.4. The van der Waals surface area contributed by atoms with Gasteiger partial charge in [0.25, 0.3) is 5.91 Å². The summed E-state index contributed by atoms with van der Waals surface area (Å²) in [6.07, 6.45) is 1.57. The maximum Gasteiger partial charge on any atom is 0.252 e. The molecule has 0 bridgehead atoms. The van der Waals surface area contributed by atoms with Crippen molar-refractivity contribution in [3.05, 3.63) is 89.4 Å². The van der Waals surface area contributed by atoms with Crippen LogP contribution in [0.5, 0.6) is 0 Å². The molecule has 1 aromatic heterocycles. The number of hydrogen-bond donors (Lipinski definition) is 2. The van der Waals surface area contributed by atoms with Crippen molar-refractivity contribution < 1.29 is 14.0 Å². The zero-order chi connectivity index (χ0) is 19.8. The molecule has 0 spiro atoms. The Balaban J connectivity index is 1.53. The van der Waals surface area contributed by atoms with Crippen LogP contribution in [0.1, 0.15) is 27.2 Å². The number of nitrogens with one attached hydrogen (secondary N) is 2. The number of carbonyl (C=O) groups is 2. The van der Waals surface area contributed by atoms with Crippen molar-refractivity contribution in [2.45, 2.75) is 24.9 Å². The number of rotatable bonds is 8. The summed E-state index contributed by atoms with van der Waals surface area (Å²) in [6.45, 7) is 2.84. The van der Waals surface area contributed by atoms with E-state index in [0.717, 1.165) is 10.5 Å². The first-order valence-corrected chi connectivity index (χ1v) is 9.95. The molecule has 0 saturated carbocycles. The van der Waals surface area contributed by atoms with Crippen LogP contribution in [0.4, 0.5) is 0 Å². The Morgan fingerprint density at radius 1 is 0.929 bits per heavy atom. The van der Waals surface area contributed by atoms with E-state index >= 15 is 0 Å². The van der Waals surface area contributed by atoms with Crippen LogP contribution in [0.15, 0.2) is 76.2 Å². The summed E-state index contributed by atoms with van der Waals surface area (Å²) < 4.78 is 5.19. The third-order valence-corrected chi connectivity index (χ3v) is 5.18. The van der Waals surface area contributed by atoms with Crippen molar-refractivity contribution >= 4 is 23.6 Å². The maximum absolute atomic E-state index is 12.6. The first-order chi connectivity index (χ1) is 13.6. The molecule has 3 rings (SSSR count). The number of aryl methyl sites for hydroxylation is 1. The summed E-state index contributed by atoms with van der Waals surface area (Å²) in [5.74, 6) is 0.661. The lowest BCUT2D eigenvalue weighted by Crippen LogP contribution is -2.25. The summed E-state index contributed by atoms with van der Waals surface area (Å²) in [5.41, 5.74) is 2.79. The molecule has 5 nitrogen and oxygen atoms in total. The molecule has 144 valence electrons. The fourth-order valence-electron chi connectivity index (χ4n) is 2.56. The molecule has 2 N–H and O–H groups in total. The van der Waals surface area contributed by atoms with Crippen molar-refractivity contribution in [1.82, 2.24) is 10.6 Å². The van der Waals surface area contributed by atoms with Gasteiger partial charge in [-0.25, -0.2) is 0 Å². The molecule has 0 aliphatic carbocycles. The summed E-state index contributed by atoms with van der Waals surface area (Å²) >= 11 is 1.34. The second-order valence-electron chi connectivity index (χ2n) is 6.31. The van der Waals surface area contributed by atoms with Gasteiger partial charge in [0.15, 0.2) is 0 Å². The number of furan rings is 1. The standard InChI is InChI=1S/C22H22N2O3S/c1-16-8-10-17(11-9-16)13-24-22(26)19-6-2-3-7-20(19)28-15-21(25)23-14-18-5-4-12-27-18/h2-12H,13-15H2,1H3,(H,23,25)(H,24,26). The molecule has 0 aliphatic heterocycles. The van der Waals surface area contributed by atoms with E-state index in [2.05, 4.69) is 10.6 Å². The number of thioether (sulfide) groups is 1. The molecule has 0 fully saturated rings. The lowest BCUT2D eigenvalue weighted by Gasteiger charge is -2.10. The van der Waals surface area contributed by atoms with E-state index in [4.69, 9.17) is 4.42 Å². The molecule has 0 atom stereocenters. The van der Waals surface area contributed by atoms with Crippen molar-refractivity contribution in [3.8, 4) is 0 Å². The zero-order valence-electron chi connectivity index (χ0n) is 15.6. The molecule has 2 amide bonds. The van der Waals surface area contributed by atoms with E-state index in [-0.39, 0.29) is 17.6 Å². The largest absolute Gasteiger partial charge is 0.467 e. The van der Waals surface area contributed by atoms with E-state index in [1.165, 1.54) is 17.3 Å². The lowest BCUT2D eigenvalue weighted by atomic mass is 10.1. The average Bonchev–Trinajstić information content (AvgIpc) is 3.24. The molecular weight excluding hydrogens is 372 g/mol. The molecule has 0 radical (unpaired) electrons. The first-order valence-electron chi connectivity index (χ1n) is 8.96. The number of hydrogen-bond acceptors (Lipinski definition) is 4. The second-order valence-corrected chi connectivity index (χ2v) is 7.33. The predicted molar refractivity (Wildman–Crippen MR) is 110 cm³/mol. The number of carbonyl (C=O) groups excluding carboxylic acids is 2. The van der Waals surface area contributed by atoms with Crippen LogP contribution in [0, 0.1) is 6.92 Å². The van der Waals surface area contributed by atoms with E-state index in [1.54, 1.807) is 24.5 Å². The molecule has 0 saturated heterocycles. The van der Waals surface area contributed by atoms with Gasteiger partial charge in [0.05, 0.1) is 24.1 Å². The van der Waals surface area contributed by atoms with Gasteiger partial charge >= 0.3 is 0 Å². The quantitative estimate of drug-likeness (QED) is 0.568. The molecule has 0 unspecified atom stereocenters. The Kier molecular flexibility index (Phi) is 6.92. The minimum absolute atomic E-state index is 0.115. The highest BCUT2D eigenvalue weighted by atomic mass is 32.2. The van der Waals surface area contributed by atoms with Gasteiger partial charge in [-0.2, -0.15) is 0 Å². The van der Waals surface area contributed by atoms with Crippen molar-refractivity contribution in [2.24, 2.45) is 0 Å². The van der Waals surface area contributed by atoms with Crippen LogP contribution in [-0.4, -0.2) is 17.6 Å². The molecule has 0 aliphatic rings. The minimum atomic E-state index is -0.153. The van der Waals surface area contributed by atoms with Crippen LogP contribution in [0.2, 0.25) is 0 Å². The average molecular weight is 394 g/mol. The maximum atomic E-state index is 12.6. The highest BCUT2D eigenvalue weighted by Gasteiger charge is 2.13. The van der Waals surface area contributed by atoms with Crippen LogP contribution in [0.3, 0.4) is 0 Å². The SMILES string of the molecule is Cc1ccc(CNC(=O)c2ccccc2SCC(=O)NCc2ccco2)cc1. The van der Waals surface area contributed by atoms with Crippen molar-refractivity contribution in [3.63, 3.8) is 0 Å². The monoisotopic (exact) mass is 394 g/mol. The van der Waals surface area contributed by atoms with E-state index in [1.807, 2.05) is 49.4 Å². The van der Waals surface area contributed by atoms with E-state index in [9.17, 15) is 9.59 Å². The predicted octanol–water partition coefficient (Wildman–Crippen LogP) is 3.93. The second kappa shape index (κ2) is 9.80. The molecule has 6 heteroatoms. The summed E-state index contributed by atoms with van der Waals surface area (Å²) in [7, 11) is 0. The topological polar surface area (TPSA) is 71.3 Å². The fourth-order valence-corrected chi connectivity index (χ4v) is 3.44. The third kappa shape index (κ3) is 5.76. The number of benzene rings is 2. The van der Waals surface area contributed by atoms with Gasteiger partial charge in [0, 0.05) is 11.4 Å². The number of amides is 2. The Hall–Kier alpha value is -2.99. The molecule has 3 aromatic rings. The van der Waals surface area contributed by atoms with Crippen LogP contribution < -0.4 is 10.6 Å². The highest BCUT2D eigenvalue weighted by Crippen LogP contribution is 2.22. The van der Waals surface area contributed by atoms with Gasteiger partial charge in [0.1, 0.15) is 5.76 Å². The van der Waals surface area contributed by atoms with Gasteiger partial charge in [-0.15, -0.1) is 11.8 Å². The molecule has 2 aromatic carbocycles. The summed E-state index contributed by atoms with van der Waals surface area (Å²) in [6, 6.07) is 18.9. The fraction of sp³-hybridized carbons (Fsp3) is 0.182. The van der Waals surface area contributed by atoms with E-state index < -0.39 is 0 Å². The normalized spacial score (nSPS) is 10.5. The van der Waals surface area contributed by atoms with E-state index in [0.29, 0.717) is 24.4 Å². The van der Waals surface area contributed by atoms with Gasteiger partial charge in [-0.3, -0.25) is 9.59 Å². The Labute approximate surface area is 168 Å². The van der Waals surface area contributed by atoms with Gasteiger partial charge in [0.2, 0.25) is 5.91 Å². The third-order valence-electron chi connectivity index (χ3n) is 4.10. The van der Waals surface area contributed by atoms with Crippen molar-refractivity contribution in [1.29, 1.82) is 0 Å².